The number of hydrogen-bond acceptors (Lipinski definition) is 3. The minimum atomic E-state index is -0.0392. The van der Waals surface area contributed by atoms with Gasteiger partial charge in [0.25, 0.3) is 0 Å². The van der Waals surface area contributed by atoms with Gasteiger partial charge in [-0.05, 0) is 31.4 Å². The summed E-state index contributed by atoms with van der Waals surface area (Å²) < 4.78 is 4.88. The average molecular weight is 202 g/mol. The fourth-order valence-corrected chi connectivity index (χ4v) is 3.08. The Balaban J connectivity index is 2.09. The van der Waals surface area contributed by atoms with Gasteiger partial charge in [-0.25, -0.2) is 0 Å². The summed E-state index contributed by atoms with van der Waals surface area (Å²) in [6.45, 7) is 4.63. The van der Waals surface area contributed by atoms with E-state index in [2.05, 4.69) is 6.92 Å². The first-order chi connectivity index (χ1) is 6.22. The third-order valence-corrected chi connectivity index (χ3v) is 3.92. The van der Waals surface area contributed by atoms with Crippen molar-refractivity contribution < 1.29 is 9.53 Å². The van der Waals surface area contributed by atoms with Crippen LogP contribution >= 0.6 is 11.8 Å². The molecule has 0 aromatic carbocycles. The van der Waals surface area contributed by atoms with Gasteiger partial charge in [0.05, 0.1) is 6.61 Å². The molecule has 2 nitrogen and oxygen atoms in total. The van der Waals surface area contributed by atoms with E-state index < -0.39 is 0 Å². The van der Waals surface area contributed by atoms with Gasteiger partial charge >= 0.3 is 5.97 Å². The van der Waals surface area contributed by atoms with Gasteiger partial charge in [-0.1, -0.05) is 6.92 Å². The zero-order valence-electron chi connectivity index (χ0n) is 8.41. The Labute approximate surface area is 84.4 Å². The summed E-state index contributed by atoms with van der Waals surface area (Å²) in [6.07, 6.45) is 2.86. The van der Waals surface area contributed by atoms with Crippen molar-refractivity contribution in [3.8, 4) is 0 Å². The van der Waals surface area contributed by atoms with Crippen molar-refractivity contribution in [2.75, 3.05) is 12.4 Å². The van der Waals surface area contributed by atoms with Gasteiger partial charge in [0, 0.05) is 11.7 Å². The van der Waals surface area contributed by atoms with E-state index in [0.29, 0.717) is 18.3 Å². The number of esters is 1. The molecule has 1 aliphatic heterocycles. The van der Waals surface area contributed by atoms with E-state index in [1.54, 1.807) is 0 Å². The summed E-state index contributed by atoms with van der Waals surface area (Å²) >= 11 is 2.00. The van der Waals surface area contributed by atoms with Crippen LogP contribution in [0.2, 0.25) is 0 Å². The normalized spacial score (nSPS) is 27.5. The molecule has 76 valence electrons. The van der Waals surface area contributed by atoms with Crippen LogP contribution < -0.4 is 0 Å². The molecule has 0 aliphatic carbocycles. The molecule has 0 spiro atoms. The van der Waals surface area contributed by atoms with Crippen LogP contribution in [0.3, 0.4) is 0 Å². The van der Waals surface area contributed by atoms with E-state index in [9.17, 15) is 4.79 Å². The van der Waals surface area contributed by atoms with E-state index in [1.807, 2.05) is 18.7 Å². The highest BCUT2D eigenvalue weighted by Crippen LogP contribution is 2.33. The van der Waals surface area contributed by atoms with Crippen LogP contribution in [0.15, 0.2) is 0 Å². The van der Waals surface area contributed by atoms with Gasteiger partial charge in [-0.15, -0.1) is 0 Å². The number of carbonyl (C=O) groups excluding carboxylic acids is 1. The maximum atomic E-state index is 11.0. The zero-order valence-corrected chi connectivity index (χ0v) is 9.23. The molecule has 1 aliphatic rings. The molecule has 1 saturated heterocycles. The third-order valence-electron chi connectivity index (χ3n) is 2.26. The first-order valence-electron chi connectivity index (χ1n) is 4.99. The van der Waals surface area contributed by atoms with E-state index in [-0.39, 0.29) is 5.97 Å². The summed E-state index contributed by atoms with van der Waals surface area (Å²) in [5, 5.41) is 0.694. The summed E-state index contributed by atoms with van der Waals surface area (Å²) in [4.78, 5) is 11.0. The van der Waals surface area contributed by atoms with Crippen molar-refractivity contribution in [2.45, 2.75) is 38.4 Å². The molecule has 1 heterocycles. The molecule has 2 atom stereocenters. The maximum Gasteiger partial charge on any atom is 0.305 e. The van der Waals surface area contributed by atoms with Gasteiger partial charge in [-0.2, -0.15) is 11.8 Å². The number of hydrogen-bond donors (Lipinski definition) is 0. The Morgan fingerprint density at radius 3 is 2.92 bits per heavy atom. The molecule has 0 saturated carbocycles. The van der Waals surface area contributed by atoms with Crippen molar-refractivity contribution >= 4 is 17.7 Å². The van der Waals surface area contributed by atoms with Gasteiger partial charge in [0.15, 0.2) is 0 Å². The predicted molar refractivity (Wildman–Crippen MR) is 55.9 cm³/mol. The van der Waals surface area contributed by atoms with Crippen molar-refractivity contribution in [3.05, 3.63) is 0 Å². The Morgan fingerprint density at radius 1 is 1.62 bits per heavy atom. The molecule has 2 unspecified atom stereocenters. The van der Waals surface area contributed by atoms with Gasteiger partial charge in [0.1, 0.15) is 0 Å². The molecule has 3 heteroatoms. The lowest BCUT2D eigenvalue weighted by atomic mass is 10.1. The second-order valence-electron chi connectivity index (χ2n) is 3.64. The van der Waals surface area contributed by atoms with Crippen molar-refractivity contribution in [1.82, 2.24) is 0 Å². The Bertz CT molecular complexity index is 170. The fraction of sp³-hybridized carbons (Fsp3) is 0.900. The smallest absolute Gasteiger partial charge is 0.305 e. The highest BCUT2D eigenvalue weighted by atomic mass is 32.2. The molecule has 0 N–H and O–H groups in total. The first-order valence-corrected chi connectivity index (χ1v) is 6.04. The summed E-state index contributed by atoms with van der Waals surface area (Å²) in [7, 11) is 0. The largest absolute Gasteiger partial charge is 0.466 e. The van der Waals surface area contributed by atoms with Crippen LogP contribution in [-0.2, 0) is 9.53 Å². The second kappa shape index (κ2) is 5.53. The molecular formula is C10H18O2S. The second-order valence-corrected chi connectivity index (χ2v) is 4.97. The SMILES string of the molecule is CCOC(=O)CCC1CC(C)CS1. The highest BCUT2D eigenvalue weighted by molar-refractivity contribution is 8.00. The summed E-state index contributed by atoms with van der Waals surface area (Å²) in [5.74, 6) is 2.05. The summed E-state index contributed by atoms with van der Waals surface area (Å²) in [5.41, 5.74) is 0. The van der Waals surface area contributed by atoms with Crippen molar-refractivity contribution in [1.29, 1.82) is 0 Å². The molecule has 1 rings (SSSR count). The van der Waals surface area contributed by atoms with E-state index in [0.717, 1.165) is 12.3 Å². The summed E-state index contributed by atoms with van der Waals surface area (Å²) in [6, 6.07) is 0. The Hall–Kier alpha value is -0.180. The fourth-order valence-electron chi connectivity index (χ4n) is 1.60. The minimum absolute atomic E-state index is 0.0392. The lowest BCUT2D eigenvalue weighted by molar-refractivity contribution is -0.143. The molecule has 1 fully saturated rings. The van der Waals surface area contributed by atoms with Gasteiger partial charge < -0.3 is 4.74 Å². The quantitative estimate of drug-likeness (QED) is 0.655. The predicted octanol–water partition coefficient (Wildman–Crippen LogP) is 2.47. The lowest BCUT2D eigenvalue weighted by Crippen LogP contribution is -2.07. The molecule has 0 aromatic heterocycles. The highest BCUT2D eigenvalue weighted by Gasteiger charge is 2.22. The van der Waals surface area contributed by atoms with Crippen LogP contribution in [0.1, 0.15) is 33.1 Å². The van der Waals surface area contributed by atoms with Crippen molar-refractivity contribution in [3.63, 3.8) is 0 Å². The molecular weight excluding hydrogens is 184 g/mol. The van der Waals surface area contributed by atoms with E-state index in [4.69, 9.17) is 4.74 Å². The lowest BCUT2D eigenvalue weighted by Gasteiger charge is -2.07. The molecule has 0 amide bonds. The number of rotatable bonds is 4. The van der Waals surface area contributed by atoms with Crippen LogP contribution in [0.4, 0.5) is 0 Å². The van der Waals surface area contributed by atoms with Crippen LogP contribution in [0, 0.1) is 5.92 Å². The third kappa shape index (κ3) is 4.03. The average Bonchev–Trinajstić information content (AvgIpc) is 2.49. The standard InChI is InChI=1S/C10H18O2S/c1-3-12-10(11)5-4-9-6-8(2)7-13-9/h8-9H,3-7H2,1-2H3. The topological polar surface area (TPSA) is 26.3 Å². The van der Waals surface area contributed by atoms with E-state index in [1.165, 1.54) is 12.2 Å². The van der Waals surface area contributed by atoms with Crippen LogP contribution in [0.5, 0.6) is 0 Å². The Kier molecular flexibility index (Phi) is 4.64. The number of ether oxygens (including phenoxy) is 1. The minimum Gasteiger partial charge on any atom is -0.466 e. The van der Waals surface area contributed by atoms with E-state index >= 15 is 0 Å². The number of thioether (sulfide) groups is 1. The maximum absolute atomic E-state index is 11.0. The number of carbonyl (C=O) groups is 1. The van der Waals surface area contributed by atoms with Gasteiger partial charge in [-0.3, -0.25) is 4.79 Å². The van der Waals surface area contributed by atoms with Crippen molar-refractivity contribution in [2.24, 2.45) is 5.92 Å². The van der Waals surface area contributed by atoms with Crippen LogP contribution in [0.25, 0.3) is 0 Å². The Morgan fingerprint density at radius 2 is 2.38 bits per heavy atom. The molecule has 0 aromatic rings. The zero-order chi connectivity index (χ0) is 9.68. The molecule has 0 radical (unpaired) electrons. The molecule has 0 bridgehead atoms. The van der Waals surface area contributed by atoms with Gasteiger partial charge in [0.2, 0.25) is 0 Å². The first kappa shape index (κ1) is 10.9. The monoisotopic (exact) mass is 202 g/mol. The van der Waals surface area contributed by atoms with Crippen LogP contribution in [-0.4, -0.2) is 23.6 Å². The molecule has 13 heavy (non-hydrogen) atoms.